The van der Waals surface area contributed by atoms with Gasteiger partial charge in [-0.3, -0.25) is 9.79 Å². The van der Waals surface area contributed by atoms with E-state index in [2.05, 4.69) is 41.1 Å². The van der Waals surface area contributed by atoms with E-state index in [1.54, 1.807) is 19.3 Å². The van der Waals surface area contributed by atoms with Gasteiger partial charge >= 0.3 is 0 Å². The lowest BCUT2D eigenvalue weighted by atomic mass is 9.95. The molecule has 2 N–H and O–H groups in total. The summed E-state index contributed by atoms with van der Waals surface area (Å²) in [6.45, 7) is 2.93. The average Bonchev–Trinajstić information content (AvgIpc) is 3.36. The van der Waals surface area contributed by atoms with Gasteiger partial charge in [0, 0.05) is 37.1 Å². The van der Waals surface area contributed by atoms with Crippen LogP contribution in [0.2, 0.25) is 0 Å². The van der Waals surface area contributed by atoms with Crippen LogP contribution in [0.1, 0.15) is 63.9 Å². The van der Waals surface area contributed by atoms with Gasteiger partial charge in [0.1, 0.15) is 0 Å². The van der Waals surface area contributed by atoms with Crippen molar-refractivity contribution in [2.75, 3.05) is 7.05 Å². The third-order valence-electron chi connectivity index (χ3n) is 6.24. The highest BCUT2D eigenvalue weighted by Gasteiger charge is 2.34. The molecule has 2 aromatic rings. The molecule has 0 radical (unpaired) electrons. The fourth-order valence-corrected chi connectivity index (χ4v) is 4.54. The molecule has 29 heavy (non-hydrogen) atoms. The van der Waals surface area contributed by atoms with Gasteiger partial charge < -0.3 is 10.6 Å². The molecule has 2 aromatic carbocycles. The van der Waals surface area contributed by atoms with E-state index in [0.29, 0.717) is 11.7 Å². The highest BCUT2D eigenvalue weighted by atomic mass is 16.2. The molecule has 1 saturated carbocycles. The van der Waals surface area contributed by atoms with Crippen molar-refractivity contribution in [1.29, 1.82) is 0 Å². The lowest BCUT2D eigenvalue weighted by molar-refractivity contribution is 0.0707. The van der Waals surface area contributed by atoms with Gasteiger partial charge in [0.25, 0.3) is 5.91 Å². The smallest absolute Gasteiger partial charge is 0.254 e. The summed E-state index contributed by atoms with van der Waals surface area (Å²) in [5.41, 5.74) is 13.6. The third kappa shape index (κ3) is 3.98. The van der Waals surface area contributed by atoms with Gasteiger partial charge in [-0.25, -0.2) is 0 Å². The number of fused-ring (bicyclic) bond motifs is 1. The molecule has 1 heterocycles. The van der Waals surface area contributed by atoms with Crippen LogP contribution in [0.25, 0.3) is 5.70 Å². The molecule has 0 atom stereocenters. The zero-order valence-electron chi connectivity index (χ0n) is 17.3. The van der Waals surface area contributed by atoms with Crippen molar-refractivity contribution >= 4 is 17.8 Å². The summed E-state index contributed by atoms with van der Waals surface area (Å²) in [5, 5.41) is 0. The molecule has 0 unspecified atom stereocenters. The van der Waals surface area contributed by atoms with Crippen LogP contribution in [0.5, 0.6) is 0 Å². The Labute approximate surface area is 173 Å². The van der Waals surface area contributed by atoms with E-state index in [1.165, 1.54) is 35.1 Å². The number of aryl methyl sites for hydroxylation is 1. The molecule has 0 spiro atoms. The summed E-state index contributed by atoms with van der Waals surface area (Å²) >= 11 is 0. The van der Waals surface area contributed by atoms with Crippen molar-refractivity contribution in [2.24, 2.45) is 10.7 Å². The van der Waals surface area contributed by atoms with E-state index in [9.17, 15) is 4.79 Å². The van der Waals surface area contributed by atoms with Crippen molar-refractivity contribution in [1.82, 2.24) is 4.90 Å². The maximum atomic E-state index is 13.0. The van der Waals surface area contributed by atoms with Crippen LogP contribution in [-0.2, 0) is 13.0 Å². The molecular formula is C25H29N3O. The third-order valence-corrected chi connectivity index (χ3v) is 6.24. The highest BCUT2D eigenvalue weighted by Crippen LogP contribution is 2.33. The van der Waals surface area contributed by atoms with Gasteiger partial charge in [0.2, 0.25) is 0 Å². The molecule has 4 rings (SSSR count). The number of carbonyl (C=O) groups is 1. The normalized spacial score (nSPS) is 17.5. The molecule has 2 aliphatic rings. The monoisotopic (exact) mass is 387 g/mol. The Morgan fingerprint density at radius 3 is 2.62 bits per heavy atom. The summed E-state index contributed by atoms with van der Waals surface area (Å²) in [6.07, 6.45) is 9.12. The van der Waals surface area contributed by atoms with E-state index >= 15 is 0 Å². The minimum atomic E-state index is 0.221. The van der Waals surface area contributed by atoms with Crippen LogP contribution in [0.15, 0.2) is 47.5 Å². The lowest BCUT2D eigenvalue weighted by Gasteiger charge is -2.23. The number of carbonyl (C=O) groups excluding carboxylic acids is 1. The number of nitrogens with two attached hydrogens (primary N) is 1. The average molecular weight is 388 g/mol. The maximum absolute atomic E-state index is 13.0. The zero-order chi connectivity index (χ0) is 20.4. The number of rotatable bonds is 5. The van der Waals surface area contributed by atoms with Crippen molar-refractivity contribution in [3.8, 4) is 0 Å². The number of nitrogens with zero attached hydrogens (tertiary/aromatic N) is 2. The Balaban J connectivity index is 1.53. The fourth-order valence-electron chi connectivity index (χ4n) is 4.54. The lowest BCUT2D eigenvalue weighted by Crippen LogP contribution is -2.33. The quantitative estimate of drug-likeness (QED) is 0.769. The number of benzene rings is 2. The minimum Gasteiger partial charge on any atom is -0.398 e. The van der Waals surface area contributed by atoms with Gasteiger partial charge in [-0.05, 0) is 66.1 Å². The molecule has 1 aliphatic carbocycles. The summed E-state index contributed by atoms with van der Waals surface area (Å²) in [4.78, 5) is 19.0. The summed E-state index contributed by atoms with van der Waals surface area (Å²) in [7, 11) is 1.73. The molecular weight excluding hydrogens is 358 g/mol. The first-order valence-corrected chi connectivity index (χ1v) is 10.5. The molecule has 1 aliphatic heterocycles. The number of amides is 1. The van der Waals surface area contributed by atoms with Gasteiger partial charge in [0.05, 0.1) is 0 Å². The van der Waals surface area contributed by atoms with Crippen LogP contribution in [0.4, 0.5) is 0 Å². The Kier molecular flexibility index (Phi) is 5.52. The molecule has 4 nitrogen and oxygen atoms in total. The number of aliphatic imine (C=N–C) groups is 1. The molecule has 150 valence electrons. The second kappa shape index (κ2) is 8.24. The standard InChI is InChI=1S/C25H29N3O/c1-17-13-21-16-28(22-5-3-4-6-22)25(29)23(21)15-20(17)14-18-7-9-19(10-8-18)24(26)11-12-27-2/h7-13,15,22H,3-6,14,16,26H2,1-2H3. The van der Waals surface area contributed by atoms with Crippen molar-refractivity contribution in [3.63, 3.8) is 0 Å². The van der Waals surface area contributed by atoms with Gasteiger partial charge in [-0.1, -0.05) is 43.2 Å². The topological polar surface area (TPSA) is 58.7 Å². The molecule has 1 amide bonds. The van der Waals surface area contributed by atoms with Crippen LogP contribution in [-0.4, -0.2) is 30.1 Å². The molecule has 4 heteroatoms. The van der Waals surface area contributed by atoms with Crippen LogP contribution in [0.3, 0.4) is 0 Å². The van der Waals surface area contributed by atoms with Crippen LogP contribution < -0.4 is 5.73 Å². The summed E-state index contributed by atoms with van der Waals surface area (Å²) in [5.74, 6) is 0.221. The second-order valence-corrected chi connectivity index (χ2v) is 8.21. The molecule has 0 bridgehead atoms. The van der Waals surface area contributed by atoms with Gasteiger partial charge in [0.15, 0.2) is 0 Å². The van der Waals surface area contributed by atoms with E-state index < -0.39 is 0 Å². The Bertz CT molecular complexity index is 966. The molecule has 1 fully saturated rings. The largest absolute Gasteiger partial charge is 0.398 e. The zero-order valence-corrected chi connectivity index (χ0v) is 17.3. The first kappa shape index (κ1) is 19.4. The van der Waals surface area contributed by atoms with Gasteiger partial charge in [-0.15, -0.1) is 0 Å². The molecule has 0 aromatic heterocycles. The maximum Gasteiger partial charge on any atom is 0.254 e. The summed E-state index contributed by atoms with van der Waals surface area (Å²) < 4.78 is 0. The summed E-state index contributed by atoms with van der Waals surface area (Å²) in [6, 6.07) is 13.1. The highest BCUT2D eigenvalue weighted by molar-refractivity contribution is 5.99. The first-order valence-electron chi connectivity index (χ1n) is 10.5. The predicted octanol–water partition coefficient (Wildman–Crippen LogP) is 4.48. The van der Waals surface area contributed by atoms with Crippen molar-refractivity contribution in [2.45, 2.75) is 51.6 Å². The second-order valence-electron chi connectivity index (χ2n) is 8.21. The van der Waals surface area contributed by atoms with Crippen molar-refractivity contribution in [3.05, 3.63) is 75.9 Å². The van der Waals surface area contributed by atoms with Gasteiger partial charge in [-0.2, -0.15) is 0 Å². The first-order chi connectivity index (χ1) is 14.1. The van der Waals surface area contributed by atoms with E-state index in [0.717, 1.165) is 36.9 Å². The predicted molar refractivity (Wildman–Crippen MR) is 119 cm³/mol. The Morgan fingerprint density at radius 2 is 1.93 bits per heavy atom. The Morgan fingerprint density at radius 1 is 1.21 bits per heavy atom. The number of hydrogen-bond donors (Lipinski definition) is 1. The SMILES string of the molecule is CN=CC=C(N)c1ccc(Cc2cc3c(cc2C)CN(C2CCCC2)C3=O)cc1. The van der Waals surface area contributed by atoms with Crippen molar-refractivity contribution < 1.29 is 4.79 Å². The van der Waals surface area contributed by atoms with Crippen LogP contribution >= 0.6 is 0 Å². The fraction of sp³-hybridized carbons (Fsp3) is 0.360. The van der Waals surface area contributed by atoms with E-state index in [1.807, 2.05) is 12.1 Å². The Hall–Kier alpha value is -2.88. The minimum absolute atomic E-state index is 0.221. The van der Waals surface area contributed by atoms with E-state index in [4.69, 9.17) is 5.73 Å². The number of allylic oxidation sites excluding steroid dienone is 1. The van der Waals surface area contributed by atoms with E-state index in [-0.39, 0.29) is 5.91 Å². The number of hydrogen-bond acceptors (Lipinski definition) is 3. The van der Waals surface area contributed by atoms with Crippen LogP contribution in [0, 0.1) is 6.92 Å². The molecule has 0 saturated heterocycles.